The lowest BCUT2D eigenvalue weighted by Gasteiger charge is -2.31. The van der Waals surface area contributed by atoms with Gasteiger partial charge in [-0.25, -0.2) is 4.98 Å². The van der Waals surface area contributed by atoms with Crippen molar-refractivity contribution < 1.29 is 4.79 Å². The van der Waals surface area contributed by atoms with Crippen molar-refractivity contribution >= 4 is 22.2 Å². The van der Waals surface area contributed by atoms with Gasteiger partial charge in [-0.15, -0.1) is 11.3 Å². The molecule has 6 nitrogen and oxygen atoms in total. The van der Waals surface area contributed by atoms with E-state index in [0.29, 0.717) is 12.5 Å². The van der Waals surface area contributed by atoms with Crippen LogP contribution in [-0.2, 0) is 11.3 Å². The molecule has 1 aliphatic carbocycles. The fourth-order valence-corrected chi connectivity index (χ4v) is 4.06. The van der Waals surface area contributed by atoms with Gasteiger partial charge in [0.25, 0.3) is 5.56 Å². The van der Waals surface area contributed by atoms with Crippen molar-refractivity contribution in [3.8, 4) is 0 Å². The van der Waals surface area contributed by atoms with Crippen LogP contribution in [0.5, 0.6) is 0 Å². The van der Waals surface area contributed by atoms with Crippen molar-refractivity contribution in [1.29, 1.82) is 0 Å². The van der Waals surface area contributed by atoms with Gasteiger partial charge in [-0.3, -0.25) is 18.9 Å². The number of nitrogens with zero attached hydrogens (tertiary/aromatic N) is 3. The van der Waals surface area contributed by atoms with Gasteiger partial charge in [0.1, 0.15) is 0 Å². The Morgan fingerprint density at radius 3 is 3.08 bits per heavy atom. The third-order valence-electron chi connectivity index (χ3n) is 4.88. The van der Waals surface area contributed by atoms with E-state index in [1.165, 1.54) is 24.2 Å². The lowest BCUT2D eigenvalue weighted by atomic mass is 9.97. The summed E-state index contributed by atoms with van der Waals surface area (Å²) in [6.45, 7) is 3.18. The molecule has 2 fully saturated rings. The number of likely N-dealkylation sites (tertiary alicyclic amines) is 1. The highest BCUT2D eigenvalue weighted by atomic mass is 32.1. The molecule has 4 rings (SSSR count). The molecule has 1 aliphatic heterocycles. The molecule has 1 atom stereocenters. The average molecular weight is 346 g/mol. The zero-order valence-corrected chi connectivity index (χ0v) is 14.4. The molecule has 0 aromatic carbocycles. The van der Waals surface area contributed by atoms with Crippen LogP contribution in [0.2, 0.25) is 0 Å². The van der Waals surface area contributed by atoms with Crippen molar-refractivity contribution in [2.24, 2.45) is 11.8 Å². The summed E-state index contributed by atoms with van der Waals surface area (Å²) in [4.78, 5) is 31.9. The number of piperidine rings is 1. The quantitative estimate of drug-likeness (QED) is 0.891. The summed E-state index contributed by atoms with van der Waals surface area (Å²) in [6, 6.07) is 1.61. The first-order chi connectivity index (χ1) is 11.7. The summed E-state index contributed by atoms with van der Waals surface area (Å²) in [6.07, 6.45) is 6.22. The van der Waals surface area contributed by atoms with E-state index in [1.807, 2.05) is 5.38 Å². The fraction of sp³-hybridized carbons (Fsp3) is 0.588. The first-order valence-corrected chi connectivity index (χ1v) is 9.53. The SMILES string of the molecule is O=C(NCC1CC1)C1CCCN(Cc2cc(=O)n3ccsc3n2)C1. The van der Waals surface area contributed by atoms with Gasteiger partial charge >= 0.3 is 0 Å². The van der Waals surface area contributed by atoms with Gasteiger partial charge in [-0.05, 0) is 38.1 Å². The fourth-order valence-electron chi connectivity index (χ4n) is 3.32. The average Bonchev–Trinajstić information content (AvgIpc) is 3.28. The first-order valence-electron chi connectivity index (χ1n) is 8.65. The summed E-state index contributed by atoms with van der Waals surface area (Å²) >= 11 is 1.47. The summed E-state index contributed by atoms with van der Waals surface area (Å²) in [5.74, 6) is 0.959. The Kier molecular flexibility index (Phi) is 4.37. The number of hydrogen-bond acceptors (Lipinski definition) is 5. The van der Waals surface area contributed by atoms with Crippen LogP contribution in [0.3, 0.4) is 0 Å². The molecular formula is C17H22N4O2S. The van der Waals surface area contributed by atoms with Gasteiger partial charge in [-0.1, -0.05) is 0 Å². The smallest absolute Gasteiger partial charge is 0.258 e. The lowest BCUT2D eigenvalue weighted by Crippen LogP contribution is -2.43. The summed E-state index contributed by atoms with van der Waals surface area (Å²) in [5.41, 5.74) is 0.758. The number of amides is 1. The Bertz CT molecular complexity index is 795. The number of aromatic nitrogens is 2. The third kappa shape index (κ3) is 3.52. The minimum absolute atomic E-state index is 0.0352. The molecule has 0 spiro atoms. The molecular weight excluding hydrogens is 324 g/mol. The molecule has 2 aromatic heterocycles. The van der Waals surface area contributed by atoms with Crippen LogP contribution in [0.4, 0.5) is 0 Å². The summed E-state index contributed by atoms with van der Waals surface area (Å²) < 4.78 is 1.57. The first kappa shape index (κ1) is 15.8. The normalized spacial score (nSPS) is 21.9. The monoisotopic (exact) mass is 346 g/mol. The van der Waals surface area contributed by atoms with Crippen LogP contribution in [0.1, 0.15) is 31.4 Å². The van der Waals surface area contributed by atoms with Gasteiger partial charge in [0, 0.05) is 37.3 Å². The zero-order chi connectivity index (χ0) is 16.5. The number of carbonyl (C=O) groups is 1. The summed E-state index contributed by atoms with van der Waals surface area (Å²) in [7, 11) is 0. The summed E-state index contributed by atoms with van der Waals surface area (Å²) in [5, 5.41) is 4.97. The van der Waals surface area contributed by atoms with Crippen molar-refractivity contribution in [1.82, 2.24) is 19.6 Å². The van der Waals surface area contributed by atoms with Crippen LogP contribution in [-0.4, -0.2) is 39.8 Å². The molecule has 1 saturated carbocycles. The Hall–Kier alpha value is -1.73. The van der Waals surface area contributed by atoms with Gasteiger partial charge < -0.3 is 5.32 Å². The molecule has 1 N–H and O–H groups in total. The van der Waals surface area contributed by atoms with E-state index in [9.17, 15) is 9.59 Å². The topological polar surface area (TPSA) is 66.7 Å². The second-order valence-corrected chi connectivity index (χ2v) is 7.78. The van der Waals surface area contributed by atoms with E-state index in [0.717, 1.165) is 43.1 Å². The molecule has 7 heteroatoms. The molecule has 0 bridgehead atoms. The van der Waals surface area contributed by atoms with E-state index in [2.05, 4.69) is 15.2 Å². The van der Waals surface area contributed by atoms with Gasteiger partial charge in [0.15, 0.2) is 4.96 Å². The van der Waals surface area contributed by atoms with Crippen molar-refractivity contribution in [2.45, 2.75) is 32.2 Å². The van der Waals surface area contributed by atoms with Gasteiger partial charge in [0.2, 0.25) is 5.91 Å². The van der Waals surface area contributed by atoms with E-state index in [-0.39, 0.29) is 17.4 Å². The highest BCUT2D eigenvalue weighted by Crippen LogP contribution is 2.28. The van der Waals surface area contributed by atoms with Crippen LogP contribution in [0.15, 0.2) is 22.4 Å². The minimum Gasteiger partial charge on any atom is -0.356 e. The highest BCUT2D eigenvalue weighted by molar-refractivity contribution is 7.15. The van der Waals surface area contributed by atoms with E-state index >= 15 is 0 Å². The van der Waals surface area contributed by atoms with Gasteiger partial charge in [0.05, 0.1) is 11.6 Å². The highest BCUT2D eigenvalue weighted by Gasteiger charge is 2.28. The van der Waals surface area contributed by atoms with Crippen LogP contribution < -0.4 is 10.9 Å². The number of rotatable bonds is 5. The third-order valence-corrected chi connectivity index (χ3v) is 5.64. The van der Waals surface area contributed by atoms with E-state index < -0.39 is 0 Å². The maximum Gasteiger partial charge on any atom is 0.258 e. The number of carbonyl (C=O) groups excluding carboxylic acids is 1. The predicted molar refractivity (Wildman–Crippen MR) is 93.1 cm³/mol. The predicted octanol–water partition coefficient (Wildman–Crippen LogP) is 1.49. The van der Waals surface area contributed by atoms with Crippen LogP contribution >= 0.6 is 11.3 Å². The molecule has 3 heterocycles. The number of nitrogens with one attached hydrogen (secondary N) is 1. The number of fused-ring (bicyclic) bond motifs is 1. The van der Waals surface area contributed by atoms with Gasteiger partial charge in [-0.2, -0.15) is 0 Å². The lowest BCUT2D eigenvalue weighted by molar-refractivity contribution is -0.126. The Morgan fingerprint density at radius 2 is 2.25 bits per heavy atom. The second kappa shape index (κ2) is 6.64. The largest absolute Gasteiger partial charge is 0.356 e. The molecule has 128 valence electrons. The Morgan fingerprint density at radius 1 is 1.38 bits per heavy atom. The Balaban J connectivity index is 1.39. The number of hydrogen-bond donors (Lipinski definition) is 1. The second-order valence-electron chi connectivity index (χ2n) is 6.90. The van der Waals surface area contributed by atoms with Crippen molar-refractivity contribution in [2.75, 3.05) is 19.6 Å². The van der Waals surface area contributed by atoms with E-state index in [1.54, 1.807) is 16.7 Å². The molecule has 1 unspecified atom stereocenters. The molecule has 2 aromatic rings. The zero-order valence-electron chi connectivity index (χ0n) is 13.6. The van der Waals surface area contributed by atoms with Crippen LogP contribution in [0, 0.1) is 11.8 Å². The van der Waals surface area contributed by atoms with Crippen molar-refractivity contribution in [3.63, 3.8) is 0 Å². The standard InChI is InChI=1S/C17H22N4O2S/c22-15-8-14(19-17-21(15)6-7-24-17)11-20-5-1-2-13(10-20)16(23)18-9-12-3-4-12/h6-8,12-13H,1-5,9-11H2,(H,18,23). The molecule has 24 heavy (non-hydrogen) atoms. The minimum atomic E-state index is -0.0352. The van der Waals surface area contributed by atoms with E-state index in [4.69, 9.17) is 0 Å². The maximum absolute atomic E-state index is 12.3. The van der Waals surface area contributed by atoms with Crippen LogP contribution in [0.25, 0.3) is 4.96 Å². The molecule has 1 saturated heterocycles. The Labute approximate surface area is 144 Å². The molecule has 1 amide bonds. The molecule has 2 aliphatic rings. The van der Waals surface area contributed by atoms with Crippen molar-refractivity contribution in [3.05, 3.63) is 33.7 Å². The molecule has 0 radical (unpaired) electrons. The maximum atomic E-state index is 12.3. The number of thiazole rings is 1.